The summed E-state index contributed by atoms with van der Waals surface area (Å²) in [5.74, 6) is 1.55. The van der Waals surface area contributed by atoms with Crippen molar-refractivity contribution in [3.63, 3.8) is 0 Å². The topological polar surface area (TPSA) is 124 Å². The van der Waals surface area contributed by atoms with Crippen LogP contribution < -0.4 is 21.4 Å². The monoisotopic (exact) mass is 671 g/mol. The van der Waals surface area contributed by atoms with E-state index < -0.39 is 28.7 Å². The molecule has 1 spiro atoms. The Morgan fingerprint density at radius 1 is 1.23 bits per heavy atom. The molecule has 2 aromatic rings. The number of dihydropyridines is 1. The Hall–Kier alpha value is -3.83. The molecule has 244 valence electrons. The van der Waals surface area contributed by atoms with Crippen molar-refractivity contribution < 1.29 is 23.5 Å². The van der Waals surface area contributed by atoms with Gasteiger partial charge in [0.25, 0.3) is 0 Å². The van der Waals surface area contributed by atoms with E-state index in [0.29, 0.717) is 48.0 Å². The maximum atomic E-state index is 14.0. The number of nitrogens with two attached hydrogens (primary N) is 1. The van der Waals surface area contributed by atoms with Crippen molar-refractivity contribution in [3.05, 3.63) is 98.7 Å². The minimum Gasteiger partial charge on any atom is -0.481 e. The average molecular weight is 672 g/mol. The van der Waals surface area contributed by atoms with Gasteiger partial charge in [-0.2, -0.15) is 0 Å². The predicted octanol–water partition coefficient (Wildman–Crippen LogP) is 4.93. The third kappa shape index (κ3) is 4.79. The van der Waals surface area contributed by atoms with Crippen molar-refractivity contribution in [1.29, 1.82) is 0 Å². The van der Waals surface area contributed by atoms with Crippen molar-refractivity contribution in [2.75, 3.05) is 18.8 Å². The number of amides is 1. The summed E-state index contributed by atoms with van der Waals surface area (Å²) in [7, 11) is 3.61. The number of nitrogens with one attached hydrogen (secondary N) is 1. The van der Waals surface area contributed by atoms with Crippen LogP contribution in [0.3, 0.4) is 0 Å². The molecule has 0 radical (unpaired) electrons. The summed E-state index contributed by atoms with van der Waals surface area (Å²) in [6.07, 6.45) is 11.6. The van der Waals surface area contributed by atoms with Gasteiger partial charge in [0.15, 0.2) is 11.2 Å². The van der Waals surface area contributed by atoms with Gasteiger partial charge in [0.05, 0.1) is 29.5 Å². The highest BCUT2D eigenvalue weighted by atomic mass is 33.1. The normalized spacial score (nSPS) is 32.9. The Kier molecular flexibility index (Phi) is 7.22. The first-order valence-electron chi connectivity index (χ1n) is 16.1. The summed E-state index contributed by atoms with van der Waals surface area (Å²) < 4.78 is 19.2. The first-order valence-corrected chi connectivity index (χ1v) is 18.5. The molecule has 47 heavy (non-hydrogen) atoms. The minimum absolute atomic E-state index is 0.111. The van der Waals surface area contributed by atoms with Crippen molar-refractivity contribution in [3.8, 4) is 5.75 Å². The molecule has 11 heteroatoms. The fraction of sp³-hybridized carbons (Fsp3) is 0.417. The highest BCUT2D eigenvalue weighted by molar-refractivity contribution is 8.77. The molecular formula is C36H37N3O6S2. The zero-order chi connectivity index (χ0) is 32.7. The van der Waals surface area contributed by atoms with Crippen LogP contribution in [0.4, 0.5) is 0 Å². The van der Waals surface area contributed by atoms with Crippen molar-refractivity contribution in [2.24, 2.45) is 17.6 Å². The molecule has 2 aliphatic carbocycles. The molecule has 0 bridgehead atoms. The van der Waals surface area contributed by atoms with E-state index in [1.54, 1.807) is 35.9 Å². The van der Waals surface area contributed by atoms with E-state index >= 15 is 0 Å². The standard InChI is InChI=1S/C36H37N3O6S2/c1-4-19(2)34(42)45-35(3)10-9-22-18-46-47-28-7-5-21-17-39(33(21)28)30(40)12-24-16-38-29(37)13-25(24)32(22)36(35)15-23-11-20-6-8-31(41)43-26(20)14-27(23)44-36/h4-9,11,13-14,21,28,32-33,38H,10,12,15-18,37H2,1-3H3. The quantitative estimate of drug-likeness (QED) is 0.149. The van der Waals surface area contributed by atoms with Gasteiger partial charge in [0.1, 0.15) is 11.3 Å². The van der Waals surface area contributed by atoms with Gasteiger partial charge in [-0.1, -0.05) is 51.5 Å². The maximum absolute atomic E-state index is 14.0. The number of ether oxygens (including phenoxy) is 2. The van der Waals surface area contributed by atoms with Gasteiger partial charge in [-0.25, -0.2) is 9.59 Å². The minimum atomic E-state index is -1.11. The zero-order valence-electron chi connectivity index (χ0n) is 26.5. The second-order valence-corrected chi connectivity index (χ2v) is 16.1. The summed E-state index contributed by atoms with van der Waals surface area (Å²) in [5, 5.41) is 4.29. The Morgan fingerprint density at radius 3 is 2.91 bits per heavy atom. The first-order chi connectivity index (χ1) is 22.6. The number of hydrogen-bond acceptors (Lipinski definition) is 10. The maximum Gasteiger partial charge on any atom is 0.336 e. The molecule has 5 heterocycles. The number of esters is 1. The summed E-state index contributed by atoms with van der Waals surface area (Å²) in [5.41, 5.74) is 8.75. The molecule has 3 N–H and O–H groups in total. The smallest absolute Gasteiger partial charge is 0.336 e. The van der Waals surface area contributed by atoms with Gasteiger partial charge in [0, 0.05) is 60.7 Å². The van der Waals surface area contributed by atoms with Crippen LogP contribution in [0.2, 0.25) is 0 Å². The number of hydrogen-bond donors (Lipinski definition) is 2. The molecule has 1 amide bonds. The molecule has 8 rings (SSSR count). The number of carbonyl (C=O) groups excluding carboxylic acids is 2. The van der Waals surface area contributed by atoms with E-state index in [4.69, 9.17) is 19.6 Å². The van der Waals surface area contributed by atoms with Gasteiger partial charge < -0.3 is 29.8 Å². The lowest BCUT2D eigenvalue weighted by Crippen LogP contribution is -2.65. The van der Waals surface area contributed by atoms with Crippen LogP contribution in [0.5, 0.6) is 5.75 Å². The molecule has 9 nitrogen and oxygen atoms in total. The molecule has 6 unspecified atom stereocenters. The van der Waals surface area contributed by atoms with Crippen LogP contribution in [-0.2, 0) is 20.7 Å². The molecular weight excluding hydrogens is 635 g/mol. The largest absolute Gasteiger partial charge is 0.481 e. The lowest BCUT2D eigenvalue weighted by molar-refractivity contribution is -0.186. The van der Waals surface area contributed by atoms with Gasteiger partial charge in [-0.3, -0.25) is 4.79 Å². The molecule has 1 fully saturated rings. The summed E-state index contributed by atoms with van der Waals surface area (Å²) in [4.78, 5) is 41.7. The average Bonchev–Trinajstić information content (AvgIpc) is 3.55. The summed E-state index contributed by atoms with van der Waals surface area (Å²) in [6.45, 7) is 6.70. The highest BCUT2D eigenvalue weighted by Crippen LogP contribution is 2.58. The molecule has 1 aromatic heterocycles. The Morgan fingerprint density at radius 2 is 2.09 bits per heavy atom. The van der Waals surface area contributed by atoms with Gasteiger partial charge in [0.2, 0.25) is 5.91 Å². The van der Waals surface area contributed by atoms with Crippen LogP contribution in [0, 0.1) is 11.8 Å². The zero-order valence-corrected chi connectivity index (χ0v) is 28.2. The second-order valence-electron chi connectivity index (χ2n) is 13.5. The van der Waals surface area contributed by atoms with Crippen LogP contribution in [0.25, 0.3) is 11.0 Å². The number of allylic oxidation sites excluding steroid dienone is 2. The van der Waals surface area contributed by atoms with Crippen LogP contribution >= 0.6 is 21.6 Å². The Balaban J connectivity index is 1.31. The third-order valence-electron chi connectivity index (χ3n) is 10.8. The molecule has 6 aliphatic rings. The highest BCUT2D eigenvalue weighted by Gasteiger charge is 2.64. The molecule has 0 saturated carbocycles. The number of benzene rings is 1. The first kappa shape index (κ1) is 30.5. The SMILES string of the molecule is CC=C(C)C(=O)OC1(C)CC=C2CSSC3C=CC4CN(C(=O)CC5=C(C=C(N)NC5)C2C12Cc1cc5ccc(=O)oc5cc1O2)C43. The van der Waals surface area contributed by atoms with E-state index in [2.05, 4.69) is 23.5 Å². The fourth-order valence-corrected chi connectivity index (χ4v) is 11.0. The third-order valence-corrected chi connectivity index (χ3v) is 13.5. The van der Waals surface area contributed by atoms with E-state index in [1.165, 1.54) is 6.07 Å². The van der Waals surface area contributed by atoms with Crippen LogP contribution in [0.1, 0.15) is 39.2 Å². The number of nitrogens with zero attached hydrogens (tertiary/aromatic N) is 1. The van der Waals surface area contributed by atoms with Crippen LogP contribution in [-0.4, -0.2) is 58.1 Å². The Labute approximate surface area is 280 Å². The number of carbonyl (C=O) groups is 2. The Bertz CT molecular complexity index is 1940. The van der Waals surface area contributed by atoms with Gasteiger partial charge in [-0.05, 0) is 55.7 Å². The van der Waals surface area contributed by atoms with Crippen molar-refractivity contribution in [2.45, 2.75) is 62.5 Å². The molecule has 1 aromatic carbocycles. The van der Waals surface area contributed by atoms with Crippen molar-refractivity contribution in [1.82, 2.24) is 10.2 Å². The van der Waals surface area contributed by atoms with E-state index in [1.807, 2.05) is 41.7 Å². The van der Waals surface area contributed by atoms with Gasteiger partial charge >= 0.3 is 11.6 Å². The second kappa shape index (κ2) is 11.1. The fourth-order valence-electron chi connectivity index (χ4n) is 8.11. The summed E-state index contributed by atoms with van der Waals surface area (Å²) >= 11 is 0. The molecule has 4 aliphatic heterocycles. The number of fused-ring (bicyclic) bond motifs is 5. The van der Waals surface area contributed by atoms with E-state index in [-0.39, 0.29) is 23.6 Å². The molecule has 1 saturated heterocycles. The van der Waals surface area contributed by atoms with Crippen LogP contribution in [0.15, 0.2) is 92.0 Å². The van der Waals surface area contributed by atoms with Gasteiger partial charge in [-0.15, -0.1) is 0 Å². The lowest BCUT2D eigenvalue weighted by Gasteiger charge is -2.53. The van der Waals surface area contributed by atoms with E-state index in [9.17, 15) is 14.4 Å². The molecule has 6 atom stereocenters. The summed E-state index contributed by atoms with van der Waals surface area (Å²) in [6, 6.07) is 7.14. The van der Waals surface area contributed by atoms with E-state index in [0.717, 1.165) is 40.0 Å². The van der Waals surface area contributed by atoms with Crippen molar-refractivity contribution >= 4 is 44.4 Å². The number of rotatable bonds is 2. The lowest BCUT2D eigenvalue weighted by atomic mass is 9.61. The predicted molar refractivity (Wildman–Crippen MR) is 184 cm³/mol.